The number of piperidine rings is 1. The van der Waals surface area contributed by atoms with Gasteiger partial charge in [0.2, 0.25) is 5.76 Å². The lowest BCUT2D eigenvalue weighted by Gasteiger charge is -2.21. The number of quaternary nitrogens is 1. The van der Waals surface area contributed by atoms with Crippen molar-refractivity contribution in [2.24, 2.45) is 0 Å². The summed E-state index contributed by atoms with van der Waals surface area (Å²) in [7, 11) is 0. The second kappa shape index (κ2) is 5.92. The molecule has 0 saturated carbocycles. The first kappa shape index (κ1) is 15.2. The number of halogens is 1. The molecule has 1 aliphatic rings. The molecule has 4 heterocycles. The molecular formula is C16H16BrN6O+. The average molecular weight is 388 g/mol. The maximum absolute atomic E-state index is 8.95. The van der Waals surface area contributed by atoms with E-state index in [-0.39, 0.29) is 5.76 Å². The van der Waals surface area contributed by atoms with Gasteiger partial charge >= 0.3 is 0 Å². The van der Waals surface area contributed by atoms with E-state index in [0.717, 1.165) is 40.8 Å². The number of nitrogen functional groups attached to an aromatic ring is 1. The number of hydrogen-bond acceptors (Lipinski definition) is 5. The van der Waals surface area contributed by atoms with E-state index in [2.05, 4.69) is 26.3 Å². The number of furan rings is 1. The topological polar surface area (TPSA) is 110 Å². The van der Waals surface area contributed by atoms with E-state index in [4.69, 9.17) is 20.4 Å². The summed E-state index contributed by atoms with van der Waals surface area (Å²) in [6.07, 6.45) is 5.52. The molecule has 4 rings (SSSR count). The van der Waals surface area contributed by atoms with Crippen LogP contribution in [-0.2, 0) is 0 Å². The predicted octanol–water partition coefficient (Wildman–Crippen LogP) is 1.65. The van der Waals surface area contributed by atoms with E-state index >= 15 is 0 Å². The Hall–Kier alpha value is -2.37. The van der Waals surface area contributed by atoms with Crippen LogP contribution < -0.4 is 11.1 Å². The normalized spacial score (nSPS) is 17.9. The van der Waals surface area contributed by atoms with Gasteiger partial charge in [-0.05, 0) is 28.8 Å². The third-order valence-corrected chi connectivity index (χ3v) is 5.28. The summed E-state index contributed by atoms with van der Waals surface area (Å²) in [5, 5.41) is 15.6. The molecule has 0 spiro atoms. The molecule has 1 fully saturated rings. The number of hydrogen-bond donors (Lipinski definition) is 2. The monoisotopic (exact) mass is 387 g/mol. The van der Waals surface area contributed by atoms with Crippen LogP contribution in [0.25, 0.3) is 16.8 Å². The minimum atomic E-state index is 0.261. The summed E-state index contributed by atoms with van der Waals surface area (Å²) in [5.41, 5.74) is 9.51. The lowest BCUT2D eigenvalue weighted by Crippen LogP contribution is -2.86. The molecule has 0 radical (unpaired) electrons. The van der Waals surface area contributed by atoms with Crippen molar-refractivity contribution in [1.82, 2.24) is 14.6 Å². The summed E-state index contributed by atoms with van der Waals surface area (Å²) in [5.74, 6) is 1.16. The van der Waals surface area contributed by atoms with Gasteiger partial charge in [-0.15, -0.1) is 0 Å². The van der Waals surface area contributed by atoms with E-state index < -0.39 is 0 Å². The number of nitrogens with two attached hydrogens (primary N) is 2. The molecule has 3 aromatic heterocycles. The minimum absolute atomic E-state index is 0.261. The van der Waals surface area contributed by atoms with E-state index in [0.29, 0.717) is 17.4 Å². The van der Waals surface area contributed by atoms with Gasteiger partial charge < -0.3 is 15.5 Å². The first-order chi connectivity index (χ1) is 11.7. The summed E-state index contributed by atoms with van der Waals surface area (Å²) < 4.78 is 7.65. The molecule has 0 aliphatic carbocycles. The summed E-state index contributed by atoms with van der Waals surface area (Å²) in [4.78, 5) is 4.86. The zero-order chi connectivity index (χ0) is 16.7. The van der Waals surface area contributed by atoms with Gasteiger partial charge in [-0.2, -0.15) is 14.9 Å². The van der Waals surface area contributed by atoms with Crippen LogP contribution in [0.3, 0.4) is 0 Å². The number of fused-ring (bicyclic) bond motifs is 1. The maximum atomic E-state index is 8.95. The van der Waals surface area contributed by atoms with Gasteiger partial charge in [0.25, 0.3) is 0 Å². The van der Waals surface area contributed by atoms with Crippen molar-refractivity contribution < 1.29 is 9.73 Å². The van der Waals surface area contributed by atoms with Gasteiger partial charge in [-0.1, -0.05) is 0 Å². The first-order valence-corrected chi connectivity index (χ1v) is 8.61. The predicted molar refractivity (Wildman–Crippen MR) is 91.2 cm³/mol. The molecule has 24 heavy (non-hydrogen) atoms. The van der Waals surface area contributed by atoms with Crippen LogP contribution >= 0.6 is 15.9 Å². The Kier molecular flexibility index (Phi) is 3.75. The van der Waals surface area contributed by atoms with Crippen molar-refractivity contribution in [1.29, 1.82) is 5.26 Å². The maximum Gasteiger partial charge on any atom is 0.203 e. The Morgan fingerprint density at radius 2 is 2.38 bits per heavy atom. The summed E-state index contributed by atoms with van der Waals surface area (Å²) >= 11 is 3.59. The van der Waals surface area contributed by atoms with Crippen molar-refractivity contribution in [3.63, 3.8) is 0 Å². The van der Waals surface area contributed by atoms with Crippen LogP contribution in [0.2, 0.25) is 0 Å². The van der Waals surface area contributed by atoms with Crippen molar-refractivity contribution >= 4 is 27.4 Å². The summed E-state index contributed by atoms with van der Waals surface area (Å²) in [6.45, 7) is 2.17. The van der Waals surface area contributed by atoms with Crippen LogP contribution in [0.4, 0.5) is 5.82 Å². The van der Waals surface area contributed by atoms with Gasteiger partial charge in [0.1, 0.15) is 18.2 Å². The van der Waals surface area contributed by atoms with Gasteiger partial charge in [0.15, 0.2) is 5.65 Å². The molecule has 1 atom stereocenters. The Labute approximate surface area is 146 Å². The molecule has 122 valence electrons. The zero-order valence-corrected chi connectivity index (χ0v) is 14.5. The Morgan fingerprint density at radius 3 is 3.08 bits per heavy atom. The highest BCUT2D eigenvalue weighted by Crippen LogP contribution is 2.34. The van der Waals surface area contributed by atoms with E-state index in [1.165, 1.54) is 6.42 Å². The number of aromatic nitrogens is 3. The molecule has 3 aromatic rings. The van der Waals surface area contributed by atoms with Gasteiger partial charge in [0.05, 0.1) is 35.4 Å². The first-order valence-electron chi connectivity index (χ1n) is 7.82. The van der Waals surface area contributed by atoms with Crippen molar-refractivity contribution in [2.45, 2.75) is 18.8 Å². The van der Waals surface area contributed by atoms with Gasteiger partial charge in [-0.3, -0.25) is 0 Å². The fourth-order valence-corrected chi connectivity index (χ4v) is 3.80. The lowest BCUT2D eigenvalue weighted by atomic mass is 9.96. The minimum Gasteiger partial charge on any atom is -0.453 e. The molecule has 1 aliphatic heterocycles. The molecule has 8 heteroatoms. The highest BCUT2D eigenvalue weighted by molar-refractivity contribution is 9.10. The molecule has 0 bridgehead atoms. The molecule has 1 saturated heterocycles. The summed E-state index contributed by atoms with van der Waals surface area (Å²) in [6, 6.07) is 3.68. The Morgan fingerprint density at radius 1 is 1.50 bits per heavy atom. The zero-order valence-electron chi connectivity index (χ0n) is 12.9. The fourth-order valence-electron chi connectivity index (χ4n) is 3.22. The Bertz CT molecular complexity index is 948. The SMILES string of the molecule is N#Cc1cc(-c2cnn3c(N)c(Br)c(C4CCC[NH2+]C4)nc23)co1. The number of nitriles is 1. The smallest absolute Gasteiger partial charge is 0.203 e. The van der Waals surface area contributed by atoms with Crippen LogP contribution in [0.1, 0.15) is 30.2 Å². The van der Waals surface area contributed by atoms with E-state index in [1.807, 2.05) is 6.07 Å². The third-order valence-electron chi connectivity index (χ3n) is 4.47. The van der Waals surface area contributed by atoms with Crippen LogP contribution in [0.5, 0.6) is 0 Å². The number of anilines is 1. The molecule has 0 aromatic carbocycles. The van der Waals surface area contributed by atoms with Crippen molar-refractivity contribution in [3.8, 4) is 17.2 Å². The quantitative estimate of drug-likeness (QED) is 0.694. The molecule has 0 amide bonds. The van der Waals surface area contributed by atoms with Crippen molar-refractivity contribution in [2.75, 3.05) is 18.8 Å². The van der Waals surface area contributed by atoms with Crippen molar-refractivity contribution in [3.05, 3.63) is 34.5 Å². The van der Waals surface area contributed by atoms with Gasteiger partial charge in [0, 0.05) is 17.2 Å². The average Bonchev–Trinajstić information content (AvgIpc) is 3.25. The van der Waals surface area contributed by atoms with Crippen LogP contribution in [-0.4, -0.2) is 27.7 Å². The van der Waals surface area contributed by atoms with Crippen LogP contribution in [0, 0.1) is 11.3 Å². The number of rotatable bonds is 2. The highest BCUT2D eigenvalue weighted by atomic mass is 79.9. The second-order valence-electron chi connectivity index (χ2n) is 5.95. The number of nitrogens with zero attached hydrogens (tertiary/aromatic N) is 4. The molecule has 7 nitrogen and oxygen atoms in total. The van der Waals surface area contributed by atoms with E-state index in [1.54, 1.807) is 23.0 Å². The standard InChI is InChI=1S/C16H15BrN6O/c17-13-14(9-2-1-3-20-6-9)22-16-12(7-21-23(16)15(13)19)10-4-11(5-18)24-8-10/h4,7-9,20H,1-3,6,19H2/p+1. The largest absolute Gasteiger partial charge is 0.453 e. The molecule has 1 unspecified atom stereocenters. The second-order valence-corrected chi connectivity index (χ2v) is 6.75. The molecule has 4 N–H and O–H groups in total. The van der Waals surface area contributed by atoms with Crippen LogP contribution in [0.15, 0.2) is 27.4 Å². The highest BCUT2D eigenvalue weighted by Gasteiger charge is 2.25. The van der Waals surface area contributed by atoms with Gasteiger partial charge in [-0.25, -0.2) is 4.98 Å². The lowest BCUT2D eigenvalue weighted by molar-refractivity contribution is -0.664. The molecular weight excluding hydrogens is 372 g/mol. The van der Waals surface area contributed by atoms with E-state index in [9.17, 15) is 0 Å². The Balaban J connectivity index is 1.88. The fraction of sp³-hybridized carbons (Fsp3) is 0.312. The third kappa shape index (κ3) is 2.37.